The Bertz CT molecular complexity index is 1010. The smallest absolute Gasteiger partial charge is 0.256 e. The van der Waals surface area contributed by atoms with Crippen molar-refractivity contribution in [2.75, 3.05) is 19.5 Å². The van der Waals surface area contributed by atoms with Crippen LogP contribution in [0.3, 0.4) is 0 Å². The van der Waals surface area contributed by atoms with Crippen molar-refractivity contribution in [3.63, 3.8) is 0 Å². The minimum atomic E-state index is -0.150. The van der Waals surface area contributed by atoms with Gasteiger partial charge in [-0.2, -0.15) is 5.10 Å². The maximum atomic E-state index is 12.8. The first-order valence-corrected chi connectivity index (χ1v) is 10.0. The molecule has 158 valence electrons. The number of nitrogens with zero attached hydrogens (tertiary/aromatic N) is 2. The molecule has 0 aliphatic rings. The van der Waals surface area contributed by atoms with Crippen LogP contribution in [0.1, 0.15) is 40.9 Å². The highest BCUT2D eigenvalue weighted by Crippen LogP contribution is 2.28. The minimum absolute atomic E-state index is 0.150. The lowest BCUT2D eigenvalue weighted by Gasteiger charge is -2.13. The number of aryl methyl sites for hydroxylation is 1. The largest absolute Gasteiger partial charge is 0.493 e. The Morgan fingerprint density at radius 3 is 2.33 bits per heavy atom. The Labute approximate surface area is 177 Å². The second kappa shape index (κ2) is 9.48. The number of amides is 1. The molecule has 0 atom stereocenters. The van der Waals surface area contributed by atoms with Crippen LogP contribution in [0.2, 0.25) is 0 Å². The van der Waals surface area contributed by atoms with Crippen molar-refractivity contribution in [2.24, 2.45) is 5.92 Å². The molecule has 2 aromatic carbocycles. The molecule has 0 saturated heterocycles. The van der Waals surface area contributed by atoms with E-state index in [4.69, 9.17) is 9.47 Å². The molecule has 0 fully saturated rings. The fourth-order valence-electron chi connectivity index (χ4n) is 3.36. The number of rotatable bonds is 8. The minimum Gasteiger partial charge on any atom is -0.493 e. The van der Waals surface area contributed by atoms with Gasteiger partial charge in [0.15, 0.2) is 11.5 Å². The number of carbonyl (C=O) groups excluding carboxylic acids is 1. The van der Waals surface area contributed by atoms with Gasteiger partial charge in [-0.3, -0.25) is 4.79 Å². The van der Waals surface area contributed by atoms with Crippen LogP contribution in [-0.4, -0.2) is 29.9 Å². The number of anilines is 1. The Hall–Kier alpha value is -3.28. The number of ether oxygens (including phenoxy) is 2. The number of aromatic nitrogens is 2. The van der Waals surface area contributed by atoms with Gasteiger partial charge in [0, 0.05) is 11.1 Å². The van der Waals surface area contributed by atoms with Crippen molar-refractivity contribution in [2.45, 2.75) is 33.7 Å². The van der Waals surface area contributed by atoms with Gasteiger partial charge in [-0.25, -0.2) is 4.68 Å². The van der Waals surface area contributed by atoms with Crippen LogP contribution in [0.5, 0.6) is 11.5 Å². The standard InChI is InChI=1S/C24H29N3O3/c1-16(2)12-18-6-9-20(10-7-18)24(28)26-23-17(3)14-25-27(23)15-19-8-11-21(29-4)22(13-19)30-5/h6-11,13-14,16H,12,15H2,1-5H3,(H,26,28). The summed E-state index contributed by atoms with van der Waals surface area (Å²) in [6.07, 6.45) is 2.75. The van der Waals surface area contributed by atoms with E-state index in [0.717, 1.165) is 17.5 Å². The summed E-state index contributed by atoms with van der Waals surface area (Å²) in [4.78, 5) is 12.8. The summed E-state index contributed by atoms with van der Waals surface area (Å²) in [5.41, 5.74) is 3.75. The lowest BCUT2D eigenvalue weighted by atomic mass is 10.0. The summed E-state index contributed by atoms with van der Waals surface area (Å²) in [6, 6.07) is 13.5. The second-order valence-corrected chi connectivity index (χ2v) is 7.77. The van der Waals surface area contributed by atoms with Gasteiger partial charge in [-0.15, -0.1) is 0 Å². The number of carbonyl (C=O) groups is 1. The molecular weight excluding hydrogens is 378 g/mol. The van der Waals surface area contributed by atoms with E-state index in [1.54, 1.807) is 25.1 Å². The molecule has 0 saturated carbocycles. The average Bonchev–Trinajstić information content (AvgIpc) is 3.07. The monoisotopic (exact) mass is 407 g/mol. The van der Waals surface area contributed by atoms with Crippen LogP contribution in [0.15, 0.2) is 48.7 Å². The molecule has 0 aliphatic heterocycles. The highest BCUT2D eigenvalue weighted by atomic mass is 16.5. The van der Waals surface area contributed by atoms with Gasteiger partial charge in [0.25, 0.3) is 5.91 Å². The van der Waals surface area contributed by atoms with Gasteiger partial charge >= 0.3 is 0 Å². The van der Waals surface area contributed by atoms with Crippen LogP contribution in [-0.2, 0) is 13.0 Å². The summed E-state index contributed by atoms with van der Waals surface area (Å²) >= 11 is 0. The van der Waals surface area contributed by atoms with E-state index in [-0.39, 0.29) is 5.91 Å². The van der Waals surface area contributed by atoms with Crippen molar-refractivity contribution in [3.05, 3.63) is 70.9 Å². The van der Waals surface area contributed by atoms with Gasteiger partial charge in [-0.1, -0.05) is 32.0 Å². The Morgan fingerprint density at radius 2 is 1.70 bits per heavy atom. The molecule has 1 amide bonds. The Morgan fingerprint density at radius 1 is 1.03 bits per heavy atom. The number of hydrogen-bond donors (Lipinski definition) is 1. The third-order valence-electron chi connectivity index (χ3n) is 4.89. The Kier molecular flexibility index (Phi) is 6.77. The van der Waals surface area contributed by atoms with E-state index >= 15 is 0 Å². The number of nitrogens with one attached hydrogen (secondary N) is 1. The zero-order valence-corrected chi connectivity index (χ0v) is 18.2. The van der Waals surface area contributed by atoms with Crippen LogP contribution < -0.4 is 14.8 Å². The van der Waals surface area contributed by atoms with Gasteiger partial charge in [-0.05, 0) is 54.7 Å². The SMILES string of the molecule is COc1ccc(Cn2ncc(C)c2NC(=O)c2ccc(CC(C)C)cc2)cc1OC. The first-order chi connectivity index (χ1) is 14.4. The van der Waals surface area contributed by atoms with Crippen LogP contribution >= 0.6 is 0 Å². The summed E-state index contributed by atoms with van der Waals surface area (Å²) in [7, 11) is 3.22. The molecule has 6 heteroatoms. The van der Waals surface area contributed by atoms with E-state index < -0.39 is 0 Å². The molecular formula is C24H29N3O3. The fraction of sp³-hybridized carbons (Fsp3) is 0.333. The molecule has 6 nitrogen and oxygen atoms in total. The lowest BCUT2D eigenvalue weighted by Crippen LogP contribution is -2.17. The van der Waals surface area contributed by atoms with Crippen LogP contribution in [0.25, 0.3) is 0 Å². The van der Waals surface area contributed by atoms with Crippen molar-refractivity contribution >= 4 is 11.7 Å². The molecule has 0 spiro atoms. The molecule has 1 heterocycles. The molecule has 1 N–H and O–H groups in total. The highest BCUT2D eigenvalue weighted by molar-refractivity contribution is 6.04. The second-order valence-electron chi connectivity index (χ2n) is 7.77. The first-order valence-electron chi connectivity index (χ1n) is 10.0. The van der Waals surface area contributed by atoms with E-state index in [2.05, 4.69) is 24.3 Å². The van der Waals surface area contributed by atoms with Crippen LogP contribution in [0.4, 0.5) is 5.82 Å². The number of hydrogen-bond acceptors (Lipinski definition) is 4. The van der Waals surface area contributed by atoms with Crippen LogP contribution in [0, 0.1) is 12.8 Å². The predicted octanol–water partition coefficient (Wildman–Crippen LogP) is 4.71. The molecule has 3 rings (SSSR count). The predicted molar refractivity (Wildman–Crippen MR) is 119 cm³/mol. The maximum absolute atomic E-state index is 12.8. The van der Waals surface area contributed by atoms with E-state index in [1.165, 1.54) is 5.56 Å². The van der Waals surface area contributed by atoms with Gasteiger partial charge in [0.1, 0.15) is 5.82 Å². The van der Waals surface area contributed by atoms with Gasteiger partial charge in [0.2, 0.25) is 0 Å². The van der Waals surface area contributed by atoms with E-state index in [0.29, 0.717) is 35.3 Å². The van der Waals surface area contributed by atoms with Gasteiger partial charge in [0.05, 0.1) is 27.0 Å². The van der Waals surface area contributed by atoms with Crippen molar-refractivity contribution in [1.29, 1.82) is 0 Å². The maximum Gasteiger partial charge on any atom is 0.256 e. The summed E-state index contributed by atoms with van der Waals surface area (Å²) in [5, 5.41) is 7.44. The number of methoxy groups -OCH3 is 2. The normalized spacial score (nSPS) is 10.9. The third kappa shape index (κ3) is 5.00. The van der Waals surface area contributed by atoms with Crippen molar-refractivity contribution in [3.8, 4) is 11.5 Å². The lowest BCUT2D eigenvalue weighted by molar-refractivity contribution is 0.102. The Balaban J connectivity index is 1.76. The fourth-order valence-corrected chi connectivity index (χ4v) is 3.36. The molecule has 0 unspecified atom stereocenters. The molecule has 0 radical (unpaired) electrons. The van der Waals surface area contributed by atoms with E-state index in [1.807, 2.05) is 49.4 Å². The van der Waals surface area contributed by atoms with E-state index in [9.17, 15) is 4.79 Å². The quantitative estimate of drug-likeness (QED) is 0.587. The third-order valence-corrected chi connectivity index (χ3v) is 4.89. The first kappa shape index (κ1) is 21.4. The molecule has 1 aromatic heterocycles. The average molecular weight is 408 g/mol. The summed E-state index contributed by atoms with van der Waals surface area (Å²) < 4.78 is 12.5. The summed E-state index contributed by atoms with van der Waals surface area (Å²) in [5.74, 6) is 2.45. The zero-order valence-electron chi connectivity index (χ0n) is 18.2. The van der Waals surface area contributed by atoms with Crippen molar-refractivity contribution < 1.29 is 14.3 Å². The molecule has 0 aliphatic carbocycles. The topological polar surface area (TPSA) is 65.4 Å². The summed E-state index contributed by atoms with van der Waals surface area (Å²) in [6.45, 7) is 6.79. The molecule has 30 heavy (non-hydrogen) atoms. The van der Waals surface area contributed by atoms with Crippen molar-refractivity contribution in [1.82, 2.24) is 9.78 Å². The zero-order chi connectivity index (χ0) is 21.7. The molecule has 3 aromatic rings. The highest BCUT2D eigenvalue weighted by Gasteiger charge is 2.14. The number of benzene rings is 2. The molecule has 0 bridgehead atoms. The van der Waals surface area contributed by atoms with Gasteiger partial charge < -0.3 is 14.8 Å².